The molecule has 2 rings (SSSR count). The Balaban J connectivity index is 2.00. The van der Waals surface area contributed by atoms with Crippen LogP contribution in [0.5, 0.6) is 0 Å². The third kappa shape index (κ3) is 3.79. The van der Waals surface area contributed by atoms with Crippen molar-refractivity contribution in [1.29, 1.82) is 0 Å². The molecule has 0 radical (unpaired) electrons. The number of nitrogens with one attached hydrogen (secondary N) is 2. The van der Waals surface area contributed by atoms with E-state index >= 15 is 0 Å². The lowest BCUT2D eigenvalue weighted by molar-refractivity contribution is 0.0692. The predicted octanol–water partition coefficient (Wildman–Crippen LogP) is 3.47. The third-order valence-corrected chi connectivity index (χ3v) is 3.83. The minimum absolute atomic E-state index is 0.173. The van der Waals surface area contributed by atoms with Gasteiger partial charge in [0.15, 0.2) is 0 Å². The van der Waals surface area contributed by atoms with Gasteiger partial charge in [-0.3, -0.25) is 0 Å². The first-order chi connectivity index (χ1) is 9.97. The first kappa shape index (κ1) is 15.0. The fourth-order valence-electron chi connectivity index (χ4n) is 1.74. The van der Waals surface area contributed by atoms with Gasteiger partial charge in [0, 0.05) is 10.6 Å². The van der Waals surface area contributed by atoms with Crippen molar-refractivity contribution >= 4 is 29.0 Å². The lowest BCUT2D eigenvalue weighted by atomic mass is 10.2. The molecular formula is C14H13FN2O3S. The quantitative estimate of drug-likeness (QED) is 0.809. The summed E-state index contributed by atoms with van der Waals surface area (Å²) in [5.41, 5.74) is -0.249. The zero-order valence-corrected chi connectivity index (χ0v) is 11.9. The molecule has 0 spiro atoms. The molecule has 110 valence electrons. The number of carbonyl (C=O) groups is 2. The average Bonchev–Trinajstić information content (AvgIpc) is 2.91. The maximum atomic E-state index is 13.5. The average molecular weight is 308 g/mol. The maximum Gasteiger partial charge on any atom is 0.338 e. The predicted molar refractivity (Wildman–Crippen MR) is 78.2 cm³/mol. The van der Waals surface area contributed by atoms with Crippen LogP contribution < -0.4 is 10.6 Å². The number of hydrogen-bond donors (Lipinski definition) is 3. The lowest BCUT2D eigenvalue weighted by Crippen LogP contribution is -2.30. The van der Waals surface area contributed by atoms with Crippen molar-refractivity contribution in [2.24, 2.45) is 0 Å². The topological polar surface area (TPSA) is 78.4 Å². The van der Waals surface area contributed by atoms with Gasteiger partial charge in [0.2, 0.25) is 0 Å². The summed E-state index contributed by atoms with van der Waals surface area (Å²) in [5, 5.41) is 15.8. The highest BCUT2D eigenvalue weighted by atomic mass is 32.1. The Morgan fingerprint density at radius 1 is 1.33 bits per heavy atom. The number of hydrogen-bond acceptors (Lipinski definition) is 3. The smallest absolute Gasteiger partial charge is 0.338 e. The molecule has 7 heteroatoms. The summed E-state index contributed by atoms with van der Waals surface area (Å²) in [4.78, 5) is 23.5. The Kier molecular flexibility index (Phi) is 4.54. The van der Waals surface area contributed by atoms with Crippen LogP contribution in [0.25, 0.3) is 0 Å². The molecule has 0 saturated carbocycles. The van der Waals surface area contributed by atoms with Gasteiger partial charge in [0.1, 0.15) is 5.82 Å². The molecule has 2 aromatic rings. The lowest BCUT2D eigenvalue weighted by Gasteiger charge is -2.13. The van der Waals surface area contributed by atoms with Crippen molar-refractivity contribution in [3.05, 3.63) is 52.0 Å². The number of benzene rings is 1. The van der Waals surface area contributed by atoms with E-state index in [2.05, 4.69) is 10.6 Å². The number of aromatic carboxylic acids is 1. The fraction of sp³-hybridized carbons (Fsp3) is 0.143. The van der Waals surface area contributed by atoms with Gasteiger partial charge in [0.05, 0.1) is 11.6 Å². The van der Waals surface area contributed by atoms with Crippen molar-refractivity contribution in [1.82, 2.24) is 5.32 Å². The Morgan fingerprint density at radius 3 is 2.67 bits per heavy atom. The van der Waals surface area contributed by atoms with Crippen LogP contribution in [0.15, 0.2) is 35.7 Å². The van der Waals surface area contributed by atoms with Crippen LogP contribution in [0, 0.1) is 5.82 Å². The molecule has 2 amide bonds. The Morgan fingerprint density at radius 2 is 2.10 bits per heavy atom. The van der Waals surface area contributed by atoms with Crippen molar-refractivity contribution in [2.45, 2.75) is 13.0 Å². The summed E-state index contributed by atoms with van der Waals surface area (Å²) >= 11 is 1.52. The second-order valence-electron chi connectivity index (χ2n) is 4.34. The highest BCUT2D eigenvalue weighted by molar-refractivity contribution is 7.10. The molecule has 5 nitrogen and oxygen atoms in total. The molecule has 0 aliphatic heterocycles. The summed E-state index contributed by atoms with van der Waals surface area (Å²) < 4.78 is 13.5. The zero-order valence-electron chi connectivity index (χ0n) is 11.1. The van der Waals surface area contributed by atoms with E-state index in [1.165, 1.54) is 17.4 Å². The molecular weight excluding hydrogens is 295 g/mol. The van der Waals surface area contributed by atoms with Crippen LogP contribution in [0.2, 0.25) is 0 Å². The largest absolute Gasteiger partial charge is 0.478 e. The van der Waals surface area contributed by atoms with E-state index in [-0.39, 0.29) is 11.7 Å². The van der Waals surface area contributed by atoms with E-state index < -0.39 is 23.4 Å². The molecule has 0 bridgehead atoms. The van der Waals surface area contributed by atoms with Gasteiger partial charge in [-0.1, -0.05) is 6.07 Å². The van der Waals surface area contributed by atoms with E-state index in [0.29, 0.717) is 0 Å². The number of carboxylic acid groups (broad SMARTS) is 1. The minimum atomic E-state index is -1.35. The molecule has 21 heavy (non-hydrogen) atoms. The van der Waals surface area contributed by atoms with Crippen LogP contribution >= 0.6 is 11.3 Å². The number of thiophene rings is 1. The second kappa shape index (κ2) is 6.36. The standard InChI is InChI=1S/C14H13FN2O3S/c1-8(12-3-2-6-21-12)16-14(20)17-9-4-5-10(13(18)19)11(15)7-9/h2-8H,1H3,(H,18,19)(H2,16,17,20). The molecule has 3 N–H and O–H groups in total. The monoisotopic (exact) mass is 308 g/mol. The first-order valence-electron chi connectivity index (χ1n) is 6.11. The minimum Gasteiger partial charge on any atom is -0.478 e. The van der Waals surface area contributed by atoms with Gasteiger partial charge >= 0.3 is 12.0 Å². The van der Waals surface area contributed by atoms with E-state index in [4.69, 9.17) is 5.11 Å². The Labute approximate surface area is 124 Å². The van der Waals surface area contributed by atoms with Gasteiger partial charge in [-0.05, 0) is 36.6 Å². The fourth-order valence-corrected chi connectivity index (χ4v) is 2.47. The van der Waals surface area contributed by atoms with E-state index in [0.717, 1.165) is 17.0 Å². The summed E-state index contributed by atoms with van der Waals surface area (Å²) in [5.74, 6) is -2.25. The van der Waals surface area contributed by atoms with Gasteiger partial charge in [-0.2, -0.15) is 0 Å². The normalized spacial score (nSPS) is 11.7. The highest BCUT2D eigenvalue weighted by Crippen LogP contribution is 2.19. The van der Waals surface area contributed by atoms with E-state index in [1.54, 1.807) is 0 Å². The Hall–Kier alpha value is -2.41. The van der Waals surface area contributed by atoms with Crippen molar-refractivity contribution < 1.29 is 19.1 Å². The molecule has 0 fully saturated rings. The molecule has 1 unspecified atom stereocenters. The van der Waals surface area contributed by atoms with Gasteiger partial charge in [-0.25, -0.2) is 14.0 Å². The van der Waals surface area contributed by atoms with Crippen molar-refractivity contribution in [2.75, 3.05) is 5.32 Å². The number of carbonyl (C=O) groups excluding carboxylic acids is 1. The molecule has 1 heterocycles. The second-order valence-corrected chi connectivity index (χ2v) is 5.31. The van der Waals surface area contributed by atoms with Gasteiger partial charge < -0.3 is 15.7 Å². The molecule has 0 aliphatic carbocycles. The molecule has 1 aromatic heterocycles. The molecule has 1 aromatic carbocycles. The molecule has 0 aliphatic rings. The van der Waals surface area contributed by atoms with Crippen LogP contribution in [-0.2, 0) is 0 Å². The summed E-state index contributed by atoms with van der Waals surface area (Å²) in [6.07, 6.45) is 0. The number of anilines is 1. The number of amides is 2. The zero-order chi connectivity index (χ0) is 15.4. The van der Waals surface area contributed by atoms with Crippen LogP contribution in [-0.4, -0.2) is 17.1 Å². The number of rotatable bonds is 4. The number of halogens is 1. The number of carboxylic acids is 1. The highest BCUT2D eigenvalue weighted by Gasteiger charge is 2.13. The van der Waals surface area contributed by atoms with E-state index in [1.807, 2.05) is 24.4 Å². The van der Waals surface area contributed by atoms with Crippen molar-refractivity contribution in [3.63, 3.8) is 0 Å². The SMILES string of the molecule is CC(NC(=O)Nc1ccc(C(=O)O)c(F)c1)c1cccs1. The summed E-state index contributed by atoms with van der Waals surface area (Å²) in [7, 11) is 0. The maximum absolute atomic E-state index is 13.5. The van der Waals surface area contributed by atoms with E-state index in [9.17, 15) is 14.0 Å². The molecule has 0 saturated heterocycles. The molecule has 1 atom stereocenters. The van der Waals surface area contributed by atoms with Gasteiger partial charge in [-0.15, -0.1) is 11.3 Å². The third-order valence-electron chi connectivity index (χ3n) is 2.77. The number of urea groups is 1. The van der Waals surface area contributed by atoms with Crippen LogP contribution in [0.4, 0.5) is 14.9 Å². The summed E-state index contributed by atoms with van der Waals surface area (Å²) in [6.45, 7) is 1.83. The first-order valence-corrected chi connectivity index (χ1v) is 6.99. The van der Waals surface area contributed by atoms with Crippen LogP contribution in [0.1, 0.15) is 28.2 Å². The van der Waals surface area contributed by atoms with Gasteiger partial charge in [0.25, 0.3) is 0 Å². The van der Waals surface area contributed by atoms with Crippen molar-refractivity contribution in [3.8, 4) is 0 Å². The Bertz CT molecular complexity index is 658. The summed E-state index contributed by atoms with van der Waals surface area (Å²) in [6, 6.07) is 6.54. The van der Waals surface area contributed by atoms with Crippen LogP contribution in [0.3, 0.4) is 0 Å².